The average Bonchev–Trinajstić information content (AvgIpc) is 2.27. The minimum atomic E-state index is -2.66. The van der Waals surface area contributed by atoms with E-state index in [1.165, 1.54) is 0 Å². The van der Waals surface area contributed by atoms with Gasteiger partial charge in [-0.25, -0.2) is 0 Å². The number of aliphatic hydroxyl groups is 1. The molecule has 0 aromatic heterocycles. The Bertz CT molecular complexity index is 151. The van der Waals surface area contributed by atoms with Crippen LogP contribution in [0.1, 0.15) is 20.3 Å². The van der Waals surface area contributed by atoms with Crippen LogP contribution in [-0.4, -0.2) is 53.7 Å². The normalized spacial score (nSPS) is 14.2. The molecule has 0 aliphatic heterocycles. The van der Waals surface area contributed by atoms with Crippen molar-refractivity contribution in [2.24, 2.45) is 0 Å². The molecule has 0 fully saturated rings. The molecule has 92 valence electrons. The minimum Gasteiger partial charge on any atom is -0.391 e. The molecule has 5 nitrogen and oxygen atoms in total. The van der Waals surface area contributed by atoms with E-state index < -0.39 is 14.9 Å². The third kappa shape index (κ3) is 5.60. The second kappa shape index (κ2) is 8.20. The summed E-state index contributed by atoms with van der Waals surface area (Å²) in [6.07, 6.45) is 0.501. The molecule has 0 radical (unpaired) electrons. The highest BCUT2D eigenvalue weighted by atomic mass is 28.4. The monoisotopic (exact) mass is 238 g/mol. The number of hydrogen-bond donors (Lipinski definition) is 1. The van der Waals surface area contributed by atoms with E-state index in [-0.39, 0.29) is 12.8 Å². The van der Waals surface area contributed by atoms with Crippen molar-refractivity contribution in [3.8, 4) is 0 Å². The largest absolute Gasteiger partial charge is 0.527 e. The van der Waals surface area contributed by atoms with E-state index in [1.54, 1.807) is 14.2 Å². The topological polar surface area (TPSA) is 57.2 Å². The van der Waals surface area contributed by atoms with Crippen molar-refractivity contribution in [2.75, 3.05) is 33.7 Å². The van der Waals surface area contributed by atoms with Crippen LogP contribution in [0.25, 0.3) is 0 Å². The first kappa shape index (κ1) is 15.0. The Morgan fingerprint density at radius 1 is 1.20 bits per heavy atom. The van der Waals surface area contributed by atoms with Crippen LogP contribution >= 0.6 is 0 Å². The van der Waals surface area contributed by atoms with Gasteiger partial charge in [0, 0.05) is 20.8 Å². The van der Waals surface area contributed by atoms with Crippen molar-refractivity contribution >= 4 is 8.80 Å². The molecular weight excluding hydrogens is 216 g/mol. The molecule has 1 atom stereocenters. The van der Waals surface area contributed by atoms with Gasteiger partial charge in [-0.2, -0.15) is 0 Å². The zero-order valence-corrected chi connectivity index (χ0v) is 11.0. The van der Waals surface area contributed by atoms with Crippen LogP contribution in [0.3, 0.4) is 0 Å². The fourth-order valence-electron chi connectivity index (χ4n) is 1.02. The van der Waals surface area contributed by atoms with Gasteiger partial charge >= 0.3 is 8.80 Å². The maximum absolute atomic E-state index is 9.30. The minimum absolute atomic E-state index is 0.269. The SMILES string of the molecule is CCO[Si](COCC(O)CC)(OC)OC. The molecule has 1 unspecified atom stereocenters. The summed E-state index contributed by atoms with van der Waals surface area (Å²) >= 11 is 0. The molecule has 6 heteroatoms. The van der Waals surface area contributed by atoms with Gasteiger partial charge in [0.1, 0.15) is 6.23 Å². The molecule has 0 spiro atoms. The molecule has 15 heavy (non-hydrogen) atoms. The summed E-state index contributed by atoms with van der Waals surface area (Å²) in [6, 6.07) is 0. The highest BCUT2D eigenvalue weighted by Crippen LogP contribution is 2.08. The van der Waals surface area contributed by atoms with Crippen LogP contribution in [0.4, 0.5) is 0 Å². The number of ether oxygens (including phenoxy) is 1. The second-order valence-electron chi connectivity index (χ2n) is 3.10. The predicted octanol–water partition coefficient (Wildman–Crippen LogP) is 0.581. The third-order valence-corrected chi connectivity index (χ3v) is 4.58. The molecule has 0 saturated carbocycles. The Balaban J connectivity index is 3.94. The molecule has 0 saturated heterocycles. The van der Waals surface area contributed by atoms with Gasteiger partial charge < -0.3 is 23.1 Å². The van der Waals surface area contributed by atoms with Crippen molar-refractivity contribution in [2.45, 2.75) is 26.4 Å². The molecule has 0 bridgehead atoms. The summed E-state index contributed by atoms with van der Waals surface area (Å²) in [5.74, 6) is 0. The quantitative estimate of drug-likeness (QED) is 0.596. The van der Waals surface area contributed by atoms with Crippen LogP contribution < -0.4 is 0 Å². The average molecular weight is 238 g/mol. The molecule has 1 N–H and O–H groups in total. The van der Waals surface area contributed by atoms with Crippen molar-refractivity contribution < 1.29 is 23.1 Å². The van der Waals surface area contributed by atoms with Gasteiger partial charge in [-0.15, -0.1) is 0 Å². The van der Waals surface area contributed by atoms with Crippen molar-refractivity contribution in [1.29, 1.82) is 0 Å². The molecule has 0 aromatic rings. The Morgan fingerprint density at radius 3 is 2.20 bits per heavy atom. The highest BCUT2D eigenvalue weighted by Gasteiger charge is 2.39. The summed E-state index contributed by atoms with van der Waals surface area (Å²) in [5.41, 5.74) is 0. The maximum Gasteiger partial charge on any atom is 0.527 e. The van der Waals surface area contributed by atoms with E-state index >= 15 is 0 Å². The van der Waals surface area contributed by atoms with Gasteiger partial charge in [-0.1, -0.05) is 6.92 Å². The molecule has 0 amide bonds. The Hall–Kier alpha value is 0.0169. The molecular formula is C9H22O5Si. The predicted molar refractivity (Wildman–Crippen MR) is 58.5 cm³/mol. The van der Waals surface area contributed by atoms with Gasteiger partial charge in [0.25, 0.3) is 0 Å². The lowest BCUT2D eigenvalue weighted by molar-refractivity contribution is 0.0142. The lowest BCUT2D eigenvalue weighted by Gasteiger charge is -2.25. The van der Waals surface area contributed by atoms with Crippen molar-refractivity contribution in [1.82, 2.24) is 0 Å². The Labute approximate surface area is 92.7 Å². The van der Waals surface area contributed by atoms with Gasteiger partial charge in [-0.3, -0.25) is 0 Å². The van der Waals surface area contributed by atoms with Crippen LogP contribution in [0, 0.1) is 0 Å². The summed E-state index contributed by atoms with van der Waals surface area (Å²) in [6.45, 7) is 4.58. The van der Waals surface area contributed by atoms with Crippen LogP contribution in [-0.2, 0) is 18.0 Å². The van der Waals surface area contributed by atoms with Crippen LogP contribution in [0.5, 0.6) is 0 Å². The number of rotatable bonds is 9. The fraction of sp³-hybridized carbons (Fsp3) is 1.00. The van der Waals surface area contributed by atoms with Gasteiger partial charge in [0.05, 0.1) is 12.7 Å². The van der Waals surface area contributed by atoms with E-state index in [0.29, 0.717) is 13.0 Å². The van der Waals surface area contributed by atoms with Gasteiger partial charge in [0.2, 0.25) is 0 Å². The molecule has 0 aliphatic rings. The van der Waals surface area contributed by atoms with Crippen LogP contribution in [0.15, 0.2) is 0 Å². The summed E-state index contributed by atoms with van der Waals surface area (Å²) in [5, 5.41) is 9.30. The summed E-state index contributed by atoms with van der Waals surface area (Å²) in [4.78, 5) is 0. The lowest BCUT2D eigenvalue weighted by atomic mass is 10.3. The van der Waals surface area contributed by atoms with Crippen LogP contribution in [0.2, 0.25) is 0 Å². The molecule has 0 aliphatic carbocycles. The van der Waals surface area contributed by atoms with E-state index in [1.807, 2.05) is 13.8 Å². The molecule has 0 heterocycles. The zero-order chi connectivity index (χ0) is 11.7. The van der Waals surface area contributed by atoms with E-state index in [9.17, 15) is 5.11 Å². The second-order valence-corrected chi connectivity index (χ2v) is 5.86. The molecule has 0 rings (SSSR count). The van der Waals surface area contributed by atoms with E-state index in [0.717, 1.165) is 0 Å². The van der Waals surface area contributed by atoms with Gasteiger partial charge in [0.15, 0.2) is 0 Å². The number of hydrogen-bond acceptors (Lipinski definition) is 5. The highest BCUT2D eigenvalue weighted by molar-refractivity contribution is 6.60. The fourth-order valence-corrected chi connectivity index (χ4v) is 2.55. The van der Waals surface area contributed by atoms with Gasteiger partial charge in [-0.05, 0) is 13.3 Å². The Kier molecular flexibility index (Phi) is 8.21. The molecule has 0 aromatic carbocycles. The van der Waals surface area contributed by atoms with E-state index in [4.69, 9.17) is 18.0 Å². The Morgan fingerprint density at radius 2 is 1.80 bits per heavy atom. The zero-order valence-electron chi connectivity index (χ0n) is 9.99. The summed E-state index contributed by atoms with van der Waals surface area (Å²) < 4.78 is 21.2. The number of aliphatic hydroxyl groups excluding tert-OH is 1. The third-order valence-electron chi connectivity index (χ3n) is 2.05. The lowest BCUT2D eigenvalue weighted by Crippen LogP contribution is -2.49. The summed E-state index contributed by atoms with van der Waals surface area (Å²) in [7, 11) is 0.437. The standard InChI is InChI=1S/C9H22O5Si/c1-5-9(10)7-13-8-15(11-3,12-4)14-6-2/h9-10H,5-8H2,1-4H3. The first-order chi connectivity index (χ1) is 7.14. The van der Waals surface area contributed by atoms with Crippen molar-refractivity contribution in [3.63, 3.8) is 0 Å². The van der Waals surface area contributed by atoms with E-state index in [2.05, 4.69) is 0 Å². The maximum atomic E-state index is 9.30. The smallest absolute Gasteiger partial charge is 0.391 e. The first-order valence-corrected chi connectivity index (χ1v) is 7.07. The first-order valence-electron chi connectivity index (χ1n) is 5.14. The van der Waals surface area contributed by atoms with Crippen molar-refractivity contribution in [3.05, 3.63) is 0 Å².